The summed E-state index contributed by atoms with van der Waals surface area (Å²) in [4.78, 5) is 36.0. The Balaban J connectivity index is 3.08. The summed E-state index contributed by atoms with van der Waals surface area (Å²) in [6.07, 6.45) is 1.42. The van der Waals surface area contributed by atoms with Crippen LogP contribution in [0.2, 0.25) is 0 Å². The molecule has 20 heavy (non-hydrogen) atoms. The van der Waals surface area contributed by atoms with Crippen molar-refractivity contribution in [3.05, 3.63) is 33.7 Å². The molecule has 0 aliphatic carbocycles. The van der Waals surface area contributed by atoms with Gasteiger partial charge in [0.2, 0.25) is 0 Å². The molecule has 0 saturated heterocycles. The van der Waals surface area contributed by atoms with E-state index >= 15 is 0 Å². The van der Waals surface area contributed by atoms with Gasteiger partial charge in [-0.2, -0.15) is 0 Å². The lowest BCUT2D eigenvalue weighted by Gasteiger charge is -2.20. The van der Waals surface area contributed by atoms with E-state index in [1.54, 1.807) is 18.5 Å². The first-order valence-corrected chi connectivity index (χ1v) is 6.04. The van der Waals surface area contributed by atoms with E-state index in [1.165, 1.54) is 19.4 Å². The first kappa shape index (κ1) is 15.9. The summed E-state index contributed by atoms with van der Waals surface area (Å²) in [6, 6.07) is 1.35. The molecular weight excluding hydrogens is 264 g/mol. The summed E-state index contributed by atoms with van der Waals surface area (Å²) in [5.41, 5.74) is 0.252. The number of carbonyl (C=O) groups is 2. The quantitative estimate of drug-likeness (QED) is 0.785. The third kappa shape index (κ3) is 3.92. The summed E-state index contributed by atoms with van der Waals surface area (Å²) in [5.74, 6) is -1.75. The third-order valence-electron chi connectivity index (χ3n) is 2.89. The lowest BCUT2D eigenvalue weighted by atomic mass is 10.2. The number of ether oxygens (including phenoxy) is 1. The predicted octanol–water partition coefficient (Wildman–Crippen LogP) is -0.133. The molecular formula is C13H18N2O5. The second-order valence-electron chi connectivity index (χ2n) is 4.42. The molecule has 0 unspecified atom stereocenters. The maximum Gasteiger partial charge on any atom is 0.323 e. The third-order valence-corrected chi connectivity index (χ3v) is 2.89. The van der Waals surface area contributed by atoms with Gasteiger partial charge >= 0.3 is 5.97 Å². The van der Waals surface area contributed by atoms with Crippen molar-refractivity contribution in [2.75, 3.05) is 26.8 Å². The zero-order chi connectivity index (χ0) is 15.3. The van der Waals surface area contributed by atoms with Crippen LogP contribution in [0.4, 0.5) is 0 Å². The van der Waals surface area contributed by atoms with Gasteiger partial charge in [0, 0.05) is 38.7 Å². The number of carbonyl (C=O) groups excluding carboxylic acids is 1. The van der Waals surface area contributed by atoms with Gasteiger partial charge in [-0.3, -0.25) is 14.4 Å². The molecule has 1 amide bonds. The van der Waals surface area contributed by atoms with Gasteiger partial charge in [0.25, 0.3) is 5.91 Å². The molecule has 1 aromatic heterocycles. The maximum absolute atomic E-state index is 12.3. The largest absolute Gasteiger partial charge is 0.480 e. The number of hydrogen-bond donors (Lipinski definition) is 1. The number of hydrogen-bond acceptors (Lipinski definition) is 4. The van der Waals surface area contributed by atoms with Gasteiger partial charge in [-0.15, -0.1) is 0 Å². The van der Waals surface area contributed by atoms with E-state index in [-0.39, 0.29) is 18.7 Å². The Morgan fingerprint density at radius 1 is 1.45 bits per heavy atom. The van der Waals surface area contributed by atoms with Gasteiger partial charge in [0.1, 0.15) is 12.1 Å². The van der Waals surface area contributed by atoms with Crippen molar-refractivity contribution in [1.82, 2.24) is 9.47 Å². The minimum absolute atomic E-state index is 0.0459. The molecule has 0 aliphatic rings. The first-order chi connectivity index (χ1) is 9.36. The Hall–Kier alpha value is -2.15. The maximum atomic E-state index is 12.3. The molecule has 0 saturated carbocycles. The van der Waals surface area contributed by atoms with Crippen molar-refractivity contribution in [1.29, 1.82) is 0 Å². The first-order valence-electron chi connectivity index (χ1n) is 6.04. The molecule has 110 valence electrons. The van der Waals surface area contributed by atoms with Crippen LogP contribution in [0.5, 0.6) is 0 Å². The Morgan fingerprint density at radius 3 is 2.65 bits per heavy atom. The molecule has 0 atom stereocenters. The van der Waals surface area contributed by atoms with E-state index in [2.05, 4.69) is 0 Å². The lowest BCUT2D eigenvalue weighted by molar-refractivity contribution is -0.137. The molecule has 1 rings (SSSR count). The molecule has 0 bridgehead atoms. The van der Waals surface area contributed by atoms with E-state index in [9.17, 15) is 14.4 Å². The van der Waals surface area contributed by atoms with Gasteiger partial charge < -0.3 is 19.3 Å². The van der Waals surface area contributed by atoms with Crippen molar-refractivity contribution in [2.45, 2.75) is 6.92 Å². The molecule has 0 radical (unpaired) electrons. The average molecular weight is 282 g/mol. The molecule has 0 aliphatic heterocycles. The second kappa shape index (κ2) is 6.85. The Kier molecular flexibility index (Phi) is 5.45. The zero-order valence-corrected chi connectivity index (χ0v) is 11.8. The van der Waals surface area contributed by atoms with E-state index in [1.807, 2.05) is 0 Å². The number of amides is 1. The molecule has 0 fully saturated rings. The Bertz CT molecular complexity index is 564. The van der Waals surface area contributed by atoms with Gasteiger partial charge in [-0.05, 0) is 6.92 Å². The number of nitrogens with zero attached hydrogens (tertiary/aromatic N) is 2. The number of methoxy groups -OCH3 is 1. The summed E-state index contributed by atoms with van der Waals surface area (Å²) < 4.78 is 6.49. The highest BCUT2D eigenvalue weighted by molar-refractivity contribution is 5.95. The highest BCUT2D eigenvalue weighted by atomic mass is 16.5. The van der Waals surface area contributed by atoms with E-state index < -0.39 is 23.9 Å². The monoisotopic (exact) mass is 282 g/mol. The van der Waals surface area contributed by atoms with Crippen LogP contribution in [0.15, 0.2) is 17.1 Å². The van der Waals surface area contributed by atoms with Crippen molar-refractivity contribution < 1.29 is 19.4 Å². The SMILES string of the molecule is COCCN(CC(=O)O)C(=O)c1cn(C)c(C)cc1=O. The summed E-state index contributed by atoms with van der Waals surface area (Å²) in [5, 5.41) is 8.83. The van der Waals surface area contributed by atoms with Crippen LogP contribution in [0, 0.1) is 6.92 Å². The second-order valence-corrected chi connectivity index (χ2v) is 4.42. The van der Waals surface area contributed by atoms with Crippen LogP contribution < -0.4 is 5.43 Å². The normalized spacial score (nSPS) is 10.3. The fourth-order valence-corrected chi connectivity index (χ4v) is 1.68. The minimum atomic E-state index is -1.14. The van der Waals surface area contributed by atoms with E-state index in [4.69, 9.17) is 9.84 Å². The highest BCUT2D eigenvalue weighted by Crippen LogP contribution is 2.02. The Labute approximate surface area is 116 Å². The standard InChI is InChI=1S/C13H18N2O5/c1-9-6-11(16)10(7-14(9)2)13(19)15(4-5-20-3)8-12(17)18/h6-7H,4-5,8H2,1-3H3,(H,17,18). The van der Waals surface area contributed by atoms with Crippen LogP contribution in [0.1, 0.15) is 16.1 Å². The van der Waals surface area contributed by atoms with Crippen LogP contribution >= 0.6 is 0 Å². The summed E-state index contributed by atoms with van der Waals surface area (Å²) in [7, 11) is 3.16. The zero-order valence-electron chi connectivity index (χ0n) is 11.8. The molecule has 0 spiro atoms. The molecule has 1 aromatic rings. The molecule has 7 heteroatoms. The van der Waals surface area contributed by atoms with Crippen molar-refractivity contribution in [3.8, 4) is 0 Å². The fraction of sp³-hybridized carbons (Fsp3) is 0.462. The van der Waals surface area contributed by atoms with Crippen molar-refractivity contribution >= 4 is 11.9 Å². The van der Waals surface area contributed by atoms with Crippen molar-refractivity contribution in [3.63, 3.8) is 0 Å². The number of carboxylic acid groups (broad SMARTS) is 1. The number of aromatic nitrogens is 1. The van der Waals surface area contributed by atoms with Gasteiger partial charge in [0.15, 0.2) is 5.43 Å². The number of rotatable bonds is 6. The number of carboxylic acids is 1. The van der Waals surface area contributed by atoms with Crippen LogP contribution in [0.3, 0.4) is 0 Å². The molecule has 1 N–H and O–H groups in total. The molecule has 7 nitrogen and oxygen atoms in total. The summed E-state index contributed by atoms with van der Waals surface area (Å²) in [6.45, 7) is 1.58. The summed E-state index contributed by atoms with van der Waals surface area (Å²) >= 11 is 0. The van der Waals surface area contributed by atoms with Gasteiger partial charge in [-0.25, -0.2) is 0 Å². The van der Waals surface area contributed by atoms with Crippen LogP contribution in [0.25, 0.3) is 0 Å². The average Bonchev–Trinajstić information content (AvgIpc) is 2.37. The molecule has 0 aromatic carbocycles. The van der Waals surface area contributed by atoms with Gasteiger partial charge in [0.05, 0.1) is 6.61 Å². The van der Waals surface area contributed by atoms with Crippen molar-refractivity contribution in [2.24, 2.45) is 7.05 Å². The van der Waals surface area contributed by atoms with Crippen LogP contribution in [-0.2, 0) is 16.6 Å². The van der Waals surface area contributed by atoms with Gasteiger partial charge in [-0.1, -0.05) is 0 Å². The predicted molar refractivity (Wildman–Crippen MR) is 71.8 cm³/mol. The number of pyridine rings is 1. The Morgan fingerprint density at radius 2 is 2.10 bits per heavy atom. The minimum Gasteiger partial charge on any atom is -0.480 e. The smallest absolute Gasteiger partial charge is 0.323 e. The van der Waals surface area contributed by atoms with E-state index in [0.29, 0.717) is 5.69 Å². The topological polar surface area (TPSA) is 88.8 Å². The fourth-order valence-electron chi connectivity index (χ4n) is 1.68. The number of aliphatic carboxylic acids is 1. The van der Waals surface area contributed by atoms with Crippen LogP contribution in [-0.4, -0.2) is 53.3 Å². The highest BCUT2D eigenvalue weighted by Gasteiger charge is 2.21. The lowest BCUT2D eigenvalue weighted by Crippen LogP contribution is -2.40. The molecule has 1 heterocycles. The number of aryl methyl sites for hydroxylation is 2. The van der Waals surface area contributed by atoms with E-state index in [0.717, 1.165) is 4.90 Å².